The molecule has 0 fully saturated rings. The van der Waals surface area contributed by atoms with Crippen LogP contribution in [0.25, 0.3) is 21.5 Å². The zero-order valence-corrected chi connectivity index (χ0v) is 15.1. The molecule has 0 saturated carbocycles. The number of carbonyl (C=O) groups excluding carboxylic acids is 1. The molecule has 4 aromatic rings. The lowest BCUT2D eigenvalue weighted by atomic mass is 10.1. The second kappa shape index (κ2) is 6.42. The van der Waals surface area contributed by atoms with E-state index in [1.165, 1.54) is 17.0 Å². The molecule has 0 aliphatic heterocycles. The molecule has 1 aromatic carbocycles. The van der Waals surface area contributed by atoms with Crippen LogP contribution in [0.4, 0.5) is 10.2 Å². The van der Waals surface area contributed by atoms with Crippen LogP contribution in [-0.4, -0.2) is 21.1 Å². The van der Waals surface area contributed by atoms with Crippen molar-refractivity contribution in [2.24, 2.45) is 0 Å². The van der Waals surface area contributed by atoms with Crippen LogP contribution >= 0.6 is 11.3 Å². The van der Waals surface area contributed by atoms with Crippen molar-refractivity contribution in [2.45, 2.75) is 20.3 Å². The highest BCUT2D eigenvalue weighted by Crippen LogP contribution is 2.28. The molecule has 5 nitrogen and oxygen atoms in total. The zero-order chi connectivity index (χ0) is 18.3. The Morgan fingerprint density at radius 3 is 2.85 bits per heavy atom. The van der Waals surface area contributed by atoms with Crippen LogP contribution in [0, 0.1) is 19.7 Å². The van der Waals surface area contributed by atoms with Gasteiger partial charge in [0.2, 0.25) is 5.91 Å². The quantitative estimate of drug-likeness (QED) is 0.494. The predicted molar refractivity (Wildman–Crippen MR) is 102 cm³/mol. The van der Waals surface area contributed by atoms with E-state index in [2.05, 4.69) is 20.5 Å². The fraction of sp³-hybridized carbons (Fsp3) is 0.158. The molecular weight excluding hydrogens is 351 g/mol. The van der Waals surface area contributed by atoms with Crippen LogP contribution in [0.5, 0.6) is 0 Å². The molecule has 0 aliphatic carbocycles. The fourth-order valence-corrected chi connectivity index (χ4v) is 3.85. The number of benzene rings is 1. The second-order valence-electron chi connectivity index (χ2n) is 6.22. The number of aromatic nitrogens is 3. The fourth-order valence-electron chi connectivity index (χ4n) is 3.02. The first kappa shape index (κ1) is 16.5. The van der Waals surface area contributed by atoms with Crippen molar-refractivity contribution < 1.29 is 9.18 Å². The number of amides is 1. The van der Waals surface area contributed by atoms with E-state index in [4.69, 9.17) is 0 Å². The summed E-state index contributed by atoms with van der Waals surface area (Å²) in [6.45, 7) is 3.92. The van der Waals surface area contributed by atoms with Gasteiger partial charge in [0.05, 0.1) is 17.0 Å². The maximum atomic E-state index is 13.5. The van der Waals surface area contributed by atoms with Crippen molar-refractivity contribution in [3.05, 3.63) is 58.3 Å². The maximum absolute atomic E-state index is 13.5. The molecule has 4 rings (SSSR count). The SMILES string of the molecule is Cc1ccc(-c2cc(NC(=O)Cc3c(C)[nH]c4ccc(F)cc34)n[nH]2)s1. The summed E-state index contributed by atoms with van der Waals surface area (Å²) < 4.78 is 13.5. The van der Waals surface area contributed by atoms with Crippen LogP contribution in [0.1, 0.15) is 16.1 Å². The summed E-state index contributed by atoms with van der Waals surface area (Å²) in [7, 11) is 0. The molecule has 3 aromatic heterocycles. The van der Waals surface area contributed by atoms with Gasteiger partial charge in [0, 0.05) is 27.5 Å². The third-order valence-electron chi connectivity index (χ3n) is 4.27. The molecule has 0 spiro atoms. The van der Waals surface area contributed by atoms with E-state index in [0.717, 1.165) is 32.7 Å². The summed E-state index contributed by atoms with van der Waals surface area (Å²) in [4.78, 5) is 17.9. The number of rotatable bonds is 4. The van der Waals surface area contributed by atoms with Gasteiger partial charge >= 0.3 is 0 Å². The number of hydrogen-bond donors (Lipinski definition) is 3. The first-order valence-corrected chi connectivity index (χ1v) is 9.00. The summed E-state index contributed by atoms with van der Waals surface area (Å²) in [5.41, 5.74) is 3.34. The number of halogens is 1. The summed E-state index contributed by atoms with van der Waals surface area (Å²) in [5, 5.41) is 10.6. The molecule has 0 bridgehead atoms. The number of aryl methyl sites for hydroxylation is 2. The van der Waals surface area contributed by atoms with Gasteiger partial charge in [0.1, 0.15) is 5.82 Å². The first-order valence-electron chi connectivity index (χ1n) is 8.18. The molecule has 1 amide bonds. The Bertz CT molecular complexity index is 1110. The van der Waals surface area contributed by atoms with Gasteiger partial charge in [0.15, 0.2) is 5.82 Å². The molecule has 0 radical (unpaired) electrons. The predicted octanol–water partition coefficient (Wildman–Crippen LogP) is 4.56. The Balaban J connectivity index is 1.52. The summed E-state index contributed by atoms with van der Waals surface area (Å²) in [5.74, 6) is -0.0419. The van der Waals surface area contributed by atoms with E-state index in [1.807, 2.05) is 32.0 Å². The number of nitrogens with zero attached hydrogens (tertiary/aromatic N) is 1. The molecule has 0 unspecified atom stereocenters. The highest BCUT2D eigenvalue weighted by atomic mass is 32.1. The van der Waals surface area contributed by atoms with Crippen LogP contribution < -0.4 is 5.32 Å². The van der Waals surface area contributed by atoms with Crippen molar-refractivity contribution in [2.75, 3.05) is 5.32 Å². The van der Waals surface area contributed by atoms with Crippen LogP contribution in [-0.2, 0) is 11.2 Å². The average molecular weight is 368 g/mol. The monoisotopic (exact) mass is 368 g/mol. The Morgan fingerprint density at radius 1 is 1.23 bits per heavy atom. The topological polar surface area (TPSA) is 73.6 Å². The molecule has 0 aliphatic rings. The molecule has 0 atom stereocenters. The Labute approximate surface area is 153 Å². The molecule has 0 saturated heterocycles. The summed E-state index contributed by atoms with van der Waals surface area (Å²) in [6.07, 6.45) is 0.148. The lowest BCUT2D eigenvalue weighted by molar-refractivity contribution is -0.115. The van der Waals surface area contributed by atoms with Gasteiger partial charge in [-0.2, -0.15) is 5.10 Å². The highest BCUT2D eigenvalue weighted by Gasteiger charge is 2.15. The van der Waals surface area contributed by atoms with Crippen molar-refractivity contribution in [3.8, 4) is 10.6 Å². The van der Waals surface area contributed by atoms with Crippen LogP contribution in [0.15, 0.2) is 36.4 Å². The van der Waals surface area contributed by atoms with Gasteiger partial charge in [0.25, 0.3) is 0 Å². The minimum Gasteiger partial charge on any atom is -0.358 e. The molecule has 132 valence electrons. The Morgan fingerprint density at radius 2 is 2.08 bits per heavy atom. The van der Waals surface area contributed by atoms with Crippen molar-refractivity contribution in [3.63, 3.8) is 0 Å². The van der Waals surface area contributed by atoms with Gasteiger partial charge in [-0.05, 0) is 49.7 Å². The number of fused-ring (bicyclic) bond motifs is 1. The average Bonchev–Trinajstić information content (AvgIpc) is 3.29. The van der Waals surface area contributed by atoms with Gasteiger partial charge in [-0.3, -0.25) is 9.89 Å². The van der Waals surface area contributed by atoms with Gasteiger partial charge in [-0.1, -0.05) is 0 Å². The number of aromatic amines is 2. The van der Waals surface area contributed by atoms with Crippen LogP contribution in [0.2, 0.25) is 0 Å². The van der Waals surface area contributed by atoms with Crippen molar-refractivity contribution in [1.29, 1.82) is 0 Å². The number of thiophene rings is 1. The number of carbonyl (C=O) groups is 1. The van der Waals surface area contributed by atoms with E-state index < -0.39 is 0 Å². The molecule has 26 heavy (non-hydrogen) atoms. The highest BCUT2D eigenvalue weighted by molar-refractivity contribution is 7.15. The number of H-pyrrole nitrogens is 2. The van der Waals surface area contributed by atoms with Crippen molar-refractivity contribution in [1.82, 2.24) is 15.2 Å². The lowest BCUT2D eigenvalue weighted by Crippen LogP contribution is -2.15. The summed E-state index contributed by atoms with van der Waals surface area (Å²) in [6, 6.07) is 10.4. The van der Waals surface area contributed by atoms with Crippen molar-refractivity contribution >= 4 is 34.0 Å². The smallest absolute Gasteiger partial charge is 0.230 e. The standard InChI is InChI=1S/C19H17FN4OS/c1-10-3-6-17(26-10)16-9-18(24-23-16)22-19(25)8-13-11(2)21-15-5-4-12(20)7-14(13)15/h3-7,9,21H,8H2,1-2H3,(H2,22,23,24,25). The first-order chi connectivity index (χ1) is 12.5. The Hall–Kier alpha value is -2.93. The van der Waals surface area contributed by atoms with Gasteiger partial charge in [-0.15, -0.1) is 11.3 Å². The summed E-state index contributed by atoms with van der Waals surface area (Å²) >= 11 is 1.66. The number of anilines is 1. The van der Waals surface area contributed by atoms with Gasteiger partial charge in [-0.25, -0.2) is 4.39 Å². The largest absolute Gasteiger partial charge is 0.358 e. The van der Waals surface area contributed by atoms with E-state index in [0.29, 0.717) is 5.82 Å². The number of hydrogen-bond acceptors (Lipinski definition) is 3. The van der Waals surface area contributed by atoms with E-state index in [9.17, 15) is 9.18 Å². The minimum atomic E-state index is -0.318. The molecule has 7 heteroatoms. The normalized spacial score (nSPS) is 11.2. The zero-order valence-electron chi connectivity index (χ0n) is 14.3. The second-order valence-corrected chi connectivity index (χ2v) is 7.51. The molecule has 3 N–H and O–H groups in total. The molecular formula is C19H17FN4OS. The maximum Gasteiger partial charge on any atom is 0.230 e. The number of nitrogens with one attached hydrogen (secondary N) is 3. The third kappa shape index (κ3) is 3.13. The minimum absolute atomic E-state index is 0.148. The third-order valence-corrected chi connectivity index (χ3v) is 5.30. The van der Waals surface area contributed by atoms with Crippen LogP contribution in [0.3, 0.4) is 0 Å². The molecule has 3 heterocycles. The van der Waals surface area contributed by atoms with Gasteiger partial charge < -0.3 is 10.3 Å². The lowest BCUT2D eigenvalue weighted by Gasteiger charge is -2.02. The van der Waals surface area contributed by atoms with E-state index >= 15 is 0 Å². The van der Waals surface area contributed by atoms with E-state index in [1.54, 1.807) is 17.4 Å². The van der Waals surface area contributed by atoms with E-state index in [-0.39, 0.29) is 18.1 Å². The Kier molecular flexibility index (Phi) is 4.08.